The molecule has 0 unspecified atom stereocenters. The minimum atomic E-state index is -2.71. The first-order valence-electron chi connectivity index (χ1n) is 10.7. The van der Waals surface area contributed by atoms with Crippen molar-refractivity contribution in [2.75, 3.05) is 31.6 Å². The molecular formula is C21H34F2N8. The first-order chi connectivity index (χ1) is 14.8. The lowest BCUT2D eigenvalue weighted by Crippen LogP contribution is -2.38. The minimum Gasteiger partial charge on any atom is -0.401 e. The Labute approximate surface area is 182 Å². The van der Waals surface area contributed by atoms with E-state index in [2.05, 4.69) is 4.98 Å². The zero-order chi connectivity index (χ0) is 22.5. The van der Waals surface area contributed by atoms with Crippen molar-refractivity contribution in [1.82, 2.24) is 15.0 Å². The second kappa shape index (κ2) is 10.1. The van der Waals surface area contributed by atoms with Crippen molar-refractivity contribution in [1.29, 1.82) is 0 Å². The molecule has 1 aromatic rings. The molecule has 1 aromatic heterocycles. The zero-order valence-electron chi connectivity index (χ0n) is 18.1. The third-order valence-electron chi connectivity index (χ3n) is 5.70. The van der Waals surface area contributed by atoms with E-state index >= 15 is 0 Å². The van der Waals surface area contributed by atoms with E-state index in [0.29, 0.717) is 23.0 Å². The molecular weight excluding hydrogens is 402 g/mol. The fourth-order valence-electron chi connectivity index (χ4n) is 3.85. The number of hydrogen-bond donors (Lipinski definition) is 4. The fraction of sp³-hybridized carbons (Fsp3) is 0.571. The van der Waals surface area contributed by atoms with Gasteiger partial charge in [0.2, 0.25) is 0 Å². The molecule has 2 fully saturated rings. The Hall–Kier alpha value is -2.59. The summed E-state index contributed by atoms with van der Waals surface area (Å²) in [5, 5.41) is 2.72. The highest BCUT2D eigenvalue weighted by molar-refractivity contribution is 5.65. The molecule has 0 bridgehead atoms. The van der Waals surface area contributed by atoms with E-state index < -0.39 is 6.43 Å². The van der Waals surface area contributed by atoms with Crippen molar-refractivity contribution >= 4 is 11.4 Å². The highest BCUT2D eigenvalue weighted by atomic mass is 19.3. The van der Waals surface area contributed by atoms with E-state index in [1.165, 1.54) is 22.9 Å². The van der Waals surface area contributed by atoms with Gasteiger partial charge in [-0.3, -0.25) is 0 Å². The lowest BCUT2D eigenvalue weighted by molar-refractivity contribution is 0.146. The van der Waals surface area contributed by atoms with Crippen molar-refractivity contribution in [3.8, 4) is 0 Å². The highest BCUT2D eigenvalue weighted by Gasteiger charge is 2.24. The molecule has 1 saturated heterocycles. The van der Waals surface area contributed by atoms with Crippen molar-refractivity contribution in [2.45, 2.75) is 45.0 Å². The smallest absolute Gasteiger partial charge is 0.282 e. The van der Waals surface area contributed by atoms with E-state index in [4.69, 9.17) is 23.2 Å². The number of piperidine rings is 1. The van der Waals surface area contributed by atoms with Crippen molar-refractivity contribution in [3.05, 3.63) is 41.1 Å². The topological polar surface area (TPSA) is 127 Å². The minimum absolute atomic E-state index is 0.157. The van der Waals surface area contributed by atoms with Crippen LogP contribution in [0, 0.1) is 5.92 Å². The van der Waals surface area contributed by atoms with Crippen molar-refractivity contribution < 1.29 is 8.78 Å². The number of halogens is 2. The summed E-state index contributed by atoms with van der Waals surface area (Å²) in [7, 11) is 1.61. The SMILES string of the molecule is CN(N)/C(CN(N)/C=C(\N)CC1CC1)=C(\N)c1ccc(N2CCCCC2)c(C(F)F)n1. The molecule has 172 valence electrons. The van der Waals surface area contributed by atoms with Gasteiger partial charge in [0.15, 0.2) is 0 Å². The molecule has 10 heteroatoms. The van der Waals surface area contributed by atoms with Gasteiger partial charge in [-0.2, -0.15) is 0 Å². The van der Waals surface area contributed by atoms with Gasteiger partial charge in [0.05, 0.1) is 29.3 Å². The summed E-state index contributed by atoms with van der Waals surface area (Å²) < 4.78 is 27.6. The molecule has 2 heterocycles. The van der Waals surface area contributed by atoms with Crippen LogP contribution < -0.4 is 28.1 Å². The Bertz CT molecular complexity index is 814. The summed E-state index contributed by atoms with van der Waals surface area (Å²) in [6, 6.07) is 3.33. The third kappa shape index (κ3) is 6.20. The molecule has 0 aromatic carbocycles. The number of rotatable bonds is 9. The average molecular weight is 437 g/mol. The number of pyridine rings is 1. The van der Waals surface area contributed by atoms with E-state index in [1.807, 2.05) is 4.90 Å². The quantitative estimate of drug-likeness (QED) is 0.343. The highest BCUT2D eigenvalue weighted by Crippen LogP contribution is 2.34. The number of allylic oxidation sites excluding steroid dienone is 1. The van der Waals surface area contributed by atoms with Crippen LogP contribution in [-0.2, 0) is 0 Å². The molecule has 2 aliphatic rings. The number of hydrazine groups is 2. The maximum absolute atomic E-state index is 13.8. The molecule has 8 N–H and O–H groups in total. The van der Waals surface area contributed by atoms with Crippen molar-refractivity contribution in [2.24, 2.45) is 29.1 Å². The Kier molecular flexibility index (Phi) is 7.55. The van der Waals surface area contributed by atoms with Gasteiger partial charge in [-0.1, -0.05) is 0 Å². The Balaban J connectivity index is 1.85. The predicted octanol–water partition coefficient (Wildman–Crippen LogP) is 2.22. The van der Waals surface area contributed by atoms with Crippen LogP contribution in [0.15, 0.2) is 29.7 Å². The fourth-order valence-corrected chi connectivity index (χ4v) is 3.85. The summed E-state index contributed by atoms with van der Waals surface area (Å²) in [6.45, 7) is 1.66. The monoisotopic (exact) mass is 436 g/mol. The molecule has 1 aliphatic heterocycles. The van der Waals surface area contributed by atoms with Crippen LogP contribution in [0.25, 0.3) is 5.70 Å². The van der Waals surface area contributed by atoms with Gasteiger partial charge in [-0.25, -0.2) is 25.5 Å². The molecule has 31 heavy (non-hydrogen) atoms. The lowest BCUT2D eigenvalue weighted by atomic mass is 10.1. The van der Waals surface area contributed by atoms with Gasteiger partial charge >= 0.3 is 0 Å². The number of nitrogens with two attached hydrogens (primary N) is 4. The summed E-state index contributed by atoms with van der Waals surface area (Å²) in [5.41, 5.74) is 14.1. The summed E-state index contributed by atoms with van der Waals surface area (Å²) in [5.74, 6) is 12.7. The summed E-state index contributed by atoms with van der Waals surface area (Å²) >= 11 is 0. The first-order valence-corrected chi connectivity index (χ1v) is 10.7. The number of hydrogen-bond acceptors (Lipinski definition) is 8. The summed E-state index contributed by atoms with van der Waals surface area (Å²) in [6.07, 6.45) is 5.22. The molecule has 8 nitrogen and oxygen atoms in total. The van der Waals surface area contributed by atoms with Gasteiger partial charge in [0.25, 0.3) is 6.43 Å². The Morgan fingerprint density at radius 2 is 1.87 bits per heavy atom. The van der Waals surface area contributed by atoms with Gasteiger partial charge < -0.3 is 26.4 Å². The van der Waals surface area contributed by atoms with Gasteiger partial charge in [0, 0.05) is 32.0 Å². The average Bonchev–Trinajstić information content (AvgIpc) is 3.55. The van der Waals surface area contributed by atoms with Crippen LogP contribution in [0.4, 0.5) is 14.5 Å². The lowest BCUT2D eigenvalue weighted by Gasteiger charge is -2.30. The first kappa shape index (κ1) is 23.1. The normalized spacial score (nSPS) is 18.3. The maximum Gasteiger partial charge on any atom is 0.282 e. The summed E-state index contributed by atoms with van der Waals surface area (Å²) in [4.78, 5) is 6.18. The van der Waals surface area contributed by atoms with Gasteiger partial charge in [0.1, 0.15) is 5.69 Å². The molecule has 1 aliphatic carbocycles. The largest absolute Gasteiger partial charge is 0.401 e. The van der Waals surface area contributed by atoms with Gasteiger partial charge in [-0.15, -0.1) is 0 Å². The van der Waals surface area contributed by atoms with Crippen LogP contribution in [-0.4, -0.2) is 41.7 Å². The van der Waals surface area contributed by atoms with E-state index in [1.54, 1.807) is 25.4 Å². The van der Waals surface area contributed by atoms with Crippen LogP contribution in [0.1, 0.15) is 56.3 Å². The molecule has 0 radical (unpaired) electrons. The zero-order valence-corrected chi connectivity index (χ0v) is 18.1. The second-order valence-corrected chi connectivity index (χ2v) is 8.44. The van der Waals surface area contributed by atoms with Crippen molar-refractivity contribution in [3.63, 3.8) is 0 Å². The maximum atomic E-state index is 13.8. The molecule has 3 rings (SSSR count). The van der Waals surface area contributed by atoms with E-state index in [-0.39, 0.29) is 23.6 Å². The molecule has 1 saturated carbocycles. The predicted molar refractivity (Wildman–Crippen MR) is 119 cm³/mol. The second-order valence-electron chi connectivity index (χ2n) is 8.44. The van der Waals surface area contributed by atoms with Gasteiger partial charge in [-0.05, 0) is 56.6 Å². The number of alkyl halides is 2. The standard InChI is InChI=1S/C21H34F2N8/c1-29(26)18(13-31(27)12-15(24)11-14-5-6-14)19(25)16-7-8-17(20(28-16)21(22)23)30-9-3-2-4-10-30/h7-8,12,14,21H,2-6,9-11,13,24-27H2,1H3/b15-12-,19-18-. The number of aromatic nitrogens is 1. The van der Waals surface area contributed by atoms with E-state index in [0.717, 1.165) is 38.8 Å². The van der Waals surface area contributed by atoms with Crippen LogP contribution >= 0.6 is 0 Å². The molecule has 0 spiro atoms. The number of likely N-dealkylation sites (N-methyl/N-ethyl adjacent to an activating group) is 1. The van der Waals surface area contributed by atoms with Crippen LogP contribution in [0.5, 0.6) is 0 Å². The molecule has 0 amide bonds. The Morgan fingerprint density at radius 3 is 2.45 bits per heavy atom. The Morgan fingerprint density at radius 1 is 1.19 bits per heavy atom. The third-order valence-corrected chi connectivity index (χ3v) is 5.70. The number of anilines is 1. The number of nitrogens with zero attached hydrogens (tertiary/aromatic N) is 4. The van der Waals surface area contributed by atoms with Crippen LogP contribution in [0.2, 0.25) is 0 Å². The van der Waals surface area contributed by atoms with Crippen LogP contribution in [0.3, 0.4) is 0 Å². The molecule has 0 atom stereocenters. The van der Waals surface area contributed by atoms with E-state index in [9.17, 15) is 8.78 Å².